The largest absolute Gasteiger partial charge is 0.455 e. The highest BCUT2D eigenvalue weighted by Crippen LogP contribution is 2.59. The molecule has 3 amide bonds. The van der Waals surface area contributed by atoms with E-state index in [0.29, 0.717) is 34.8 Å². The van der Waals surface area contributed by atoms with Gasteiger partial charge in [0.2, 0.25) is 11.8 Å². The Bertz CT molecular complexity index is 1810. The number of likely N-dealkylation sites (tertiary alicyclic amines) is 1. The summed E-state index contributed by atoms with van der Waals surface area (Å²) in [7, 11) is 0. The number of unbranched alkanes of at least 4 members (excludes halogenated alkanes) is 1. The number of benzene rings is 2. The number of fused-ring (bicyclic) bond motifs is 3. The Morgan fingerprint density at radius 1 is 1.00 bits per heavy atom. The summed E-state index contributed by atoms with van der Waals surface area (Å²) in [6.07, 6.45) is 5.27. The number of amides is 3. The average molecular weight is 734 g/mol. The molecule has 7 rings (SSSR count). The van der Waals surface area contributed by atoms with Crippen molar-refractivity contribution < 1.29 is 33.8 Å². The minimum atomic E-state index is -1.45. The number of aromatic nitrogens is 3. The second-order valence-corrected chi connectivity index (χ2v) is 13.6. The van der Waals surface area contributed by atoms with Crippen LogP contribution in [0.1, 0.15) is 37.4 Å². The van der Waals surface area contributed by atoms with Crippen LogP contribution in [0, 0.1) is 11.8 Å². The third kappa shape index (κ3) is 6.06. The Hall–Kier alpha value is -4.40. The van der Waals surface area contributed by atoms with Crippen molar-refractivity contribution in [1.29, 1.82) is 0 Å². The van der Waals surface area contributed by atoms with E-state index in [1.165, 1.54) is 4.90 Å². The summed E-state index contributed by atoms with van der Waals surface area (Å²) in [6.45, 7) is 0.343. The number of esters is 1. The topological polar surface area (TPSA) is 156 Å². The van der Waals surface area contributed by atoms with Crippen molar-refractivity contribution in [3.8, 4) is 0 Å². The standard InChI is InChI=1S/C35H37BrN6O7/c36-23-19-35-29-28(30(23)49-35)34(47)48-26(22-11-3-1-4-12-22)20-37-27(44)15-5-2-8-16-40(21-42-25-14-7-6-13-24(25)38-39-42)33(46)31(35)41(32(29)45)17-9-10-18-43/h1-4,6-8,11-14,19,26,28-31,43H,5,9-10,15-18,20-21H2,(H,37,44)/b8-2-/t26-,28-,29+,30-,31-,35+/m0/s1. The molecule has 3 aromatic rings. The zero-order valence-electron chi connectivity index (χ0n) is 26.7. The van der Waals surface area contributed by atoms with Gasteiger partial charge in [-0.2, -0.15) is 0 Å². The summed E-state index contributed by atoms with van der Waals surface area (Å²) in [5.41, 5.74) is 0.642. The van der Waals surface area contributed by atoms with E-state index in [1.54, 1.807) is 15.7 Å². The lowest BCUT2D eigenvalue weighted by atomic mass is 9.74. The predicted octanol–water partition coefficient (Wildman–Crippen LogP) is 2.61. The Kier molecular flexibility index (Phi) is 9.36. The Labute approximate surface area is 291 Å². The number of allylic oxidation sites excluding steroid dienone is 1. The average Bonchev–Trinajstić information content (AvgIpc) is 3.83. The van der Waals surface area contributed by atoms with Crippen molar-refractivity contribution in [1.82, 2.24) is 30.1 Å². The summed E-state index contributed by atoms with van der Waals surface area (Å²) in [5.74, 6) is -3.72. The first-order valence-electron chi connectivity index (χ1n) is 16.5. The molecule has 0 radical (unpaired) electrons. The van der Waals surface area contributed by atoms with Crippen LogP contribution in [0.15, 0.2) is 77.3 Å². The van der Waals surface area contributed by atoms with Crippen LogP contribution in [0.25, 0.3) is 11.0 Å². The monoisotopic (exact) mass is 732 g/mol. The SMILES string of the molecule is O=C1CC/C=C\CN(Cn2nnc3ccccc32)C(=O)[C@@H]2N(CCCCO)C(=O)[C@H]3[C@H](C(=O)O[C@H](c4ccccc4)CN1)[C@H]1O[C@@]23C=C1Br. The number of nitrogens with one attached hydrogen (secondary N) is 1. The third-order valence-corrected chi connectivity index (χ3v) is 10.4. The van der Waals surface area contributed by atoms with Gasteiger partial charge in [-0.15, -0.1) is 5.10 Å². The molecule has 256 valence electrons. The molecule has 4 aliphatic heterocycles. The van der Waals surface area contributed by atoms with Crippen molar-refractivity contribution in [2.75, 3.05) is 26.2 Å². The number of aliphatic hydroxyl groups excluding tert-OH is 1. The molecule has 13 nitrogen and oxygen atoms in total. The fraction of sp³-hybridized carbons (Fsp3) is 0.429. The molecule has 2 fully saturated rings. The van der Waals surface area contributed by atoms with Gasteiger partial charge in [0, 0.05) is 30.6 Å². The lowest BCUT2D eigenvalue weighted by Crippen LogP contribution is -2.56. The molecule has 49 heavy (non-hydrogen) atoms. The van der Waals surface area contributed by atoms with E-state index >= 15 is 0 Å². The van der Waals surface area contributed by atoms with E-state index < -0.39 is 41.7 Å². The van der Waals surface area contributed by atoms with E-state index in [9.17, 15) is 24.3 Å². The highest BCUT2D eigenvalue weighted by Gasteiger charge is 2.74. The van der Waals surface area contributed by atoms with Crippen molar-refractivity contribution in [2.24, 2.45) is 11.8 Å². The van der Waals surface area contributed by atoms with Crippen molar-refractivity contribution in [3.63, 3.8) is 0 Å². The molecule has 6 atom stereocenters. The van der Waals surface area contributed by atoms with Crippen LogP contribution in [0.4, 0.5) is 0 Å². The second-order valence-electron chi connectivity index (χ2n) is 12.7. The first-order valence-corrected chi connectivity index (χ1v) is 17.3. The van der Waals surface area contributed by atoms with Gasteiger partial charge in [-0.3, -0.25) is 19.2 Å². The third-order valence-electron chi connectivity index (χ3n) is 9.72. The lowest BCUT2D eigenvalue weighted by molar-refractivity contribution is -0.160. The highest BCUT2D eigenvalue weighted by atomic mass is 79.9. The Morgan fingerprint density at radius 2 is 1.80 bits per heavy atom. The molecule has 4 aliphatic rings. The number of carbonyl (C=O) groups excluding carboxylic acids is 4. The maximum atomic E-state index is 14.9. The van der Waals surface area contributed by atoms with Crippen molar-refractivity contribution >= 4 is 50.7 Å². The second kappa shape index (κ2) is 13.8. The van der Waals surface area contributed by atoms with Crippen molar-refractivity contribution in [3.05, 3.63) is 82.9 Å². The molecule has 1 spiro atoms. The van der Waals surface area contributed by atoms with Gasteiger partial charge in [0.05, 0.1) is 18.0 Å². The number of carbonyl (C=O) groups is 4. The lowest BCUT2D eigenvalue weighted by Gasteiger charge is -2.35. The number of para-hydroxylation sites is 1. The fourth-order valence-corrected chi connectivity index (χ4v) is 8.15. The fourth-order valence-electron chi connectivity index (χ4n) is 7.42. The Balaban J connectivity index is 1.30. The number of rotatable bonds is 7. The van der Waals surface area contributed by atoms with Crippen LogP contribution < -0.4 is 5.32 Å². The number of aliphatic hydroxyl groups is 1. The molecule has 2 N–H and O–H groups in total. The summed E-state index contributed by atoms with van der Waals surface area (Å²) in [6, 6.07) is 15.4. The number of nitrogens with zero attached hydrogens (tertiary/aromatic N) is 5. The van der Waals surface area contributed by atoms with Gasteiger partial charge in [0.25, 0.3) is 5.91 Å². The maximum Gasteiger partial charge on any atom is 0.313 e. The highest BCUT2D eigenvalue weighted by molar-refractivity contribution is 9.11. The first kappa shape index (κ1) is 33.1. The zero-order valence-corrected chi connectivity index (χ0v) is 28.3. The Morgan fingerprint density at radius 3 is 2.61 bits per heavy atom. The van der Waals surface area contributed by atoms with Gasteiger partial charge in [-0.25, -0.2) is 4.68 Å². The van der Waals surface area contributed by atoms with E-state index in [-0.39, 0.29) is 57.1 Å². The number of halogens is 1. The summed E-state index contributed by atoms with van der Waals surface area (Å²) in [4.78, 5) is 59.5. The molecule has 5 heterocycles. The first-order chi connectivity index (χ1) is 23.8. The molecule has 5 bridgehead atoms. The predicted molar refractivity (Wildman–Crippen MR) is 179 cm³/mol. The van der Waals surface area contributed by atoms with Crippen LogP contribution in [0.2, 0.25) is 0 Å². The smallest absolute Gasteiger partial charge is 0.313 e. The molecular weight excluding hydrogens is 696 g/mol. The van der Waals surface area contributed by atoms with E-state index in [2.05, 4.69) is 31.6 Å². The number of ether oxygens (including phenoxy) is 2. The summed E-state index contributed by atoms with van der Waals surface area (Å²) in [5, 5.41) is 21.0. The van der Waals surface area contributed by atoms with E-state index in [4.69, 9.17) is 9.47 Å². The van der Waals surface area contributed by atoms with E-state index in [1.807, 2.05) is 66.7 Å². The van der Waals surface area contributed by atoms with Gasteiger partial charge < -0.3 is 29.7 Å². The van der Waals surface area contributed by atoms with Crippen LogP contribution >= 0.6 is 15.9 Å². The molecule has 0 aliphatic carbocycles. The zero-order chi connectivity index (χ0) is 34.1. The van der Waals surface area contributed by atoms with E-state index in [0.717, 1.165) is 5.52 Å². The molecule has 2 saturated heterocycles. The number of hydrogen-bond acceptors (Lipinski definition) is 9. The van der Waals surface area contributed by atoms with Crippen molar-refractivity contribution in [2.45, 2.75) is 56.2 Å². The quantitative estimate of drug-likeness (QED) is 0.212. The number of hydrogen-bond donors (Lipinski definition) is 2. The minimum Gasteiger partial charge on any atom is -0.455 e. The molecule has 1 aromatic heterocycles. The van der Waals surface area contributed by atoms with Gasteiger partial charge in [-0.1, -0.05) is 75.8 Å². The molecule has 2 aromatic carbocycles. The van der Waals surface area contributed by atoms with Crippen LogP contribution in [0.5, 0.6) is 0 Å². The normalized spacial score (nSPS) is 29.6. The minimum absolute atomic E-state index is 0.0264. The summed E-state index contributed by atoms with van der Waals surface area (Å²) >= 11 is 3.59. The number of cyclic esters (lactones) is 1. The van der Waals surface area contributed by atoms with Gasteiger partial charge >= 0.3 is 5.97 Å². The van der Waals surface area contributed by atoms with Gasteiger partial charge in [-0.05, 0) is 43.0 Å². The maximum absolute atomic E-state index is 14.9. The van der Waals surface area contributed by atoms with Gasteiger partial charge in [0.15, 0.2) is 0 Å². The van der Waals surface area contributed by atoms with Crippen LogP contribution in [-0.2, 0) is 35.3 Å². The molecular formula is C35H37BrN6O7. The molecule has 0 unspecified atom stereocenters. The van der Waals surface area contributed by atoms with Crippen LogP contribution in [-0.4, -0.2) is 97.6 Å². The van der Waals surface area contributed by atoms with Crippen LogP contribution in [0.3, 0.4) is 0 Å². The van der Waals surface area contributed by atoms with Gasteiger partial charge in [0.1, 0.15) is 42.0 Å². The summed E-state index contributed by atoms with van der Waals surface area (Å²) < 4.78 is 14.9. The molecule has 0 saturated carbocycles. The molecule has 14 heteroatoms.